The lowest BCUT2D eigenvalue weighted by atomic mass is 9.92. The fraction of sp³-hybridized carbons (Fsp3) is 0.417. The third kappa shape index (κ3) is 2.10. The third-order valence-corrected chi connectivity index (χ3v) is 2.46. The molecule has 1 aromatic rings. The quantitative estimate of drug-likeness (QED) is 0.752. The van der Waals surface area contributed by atoms with Crippen LogP contribution in [0, 0.1) is 12.8 Å². The Morgan fingerprint density at radius 2 is 2.08 bits per heavy atom. The van der Waals surface area contributed by atoms with Crippen molar-refractivity contribution < 1.29 is 5.11 Å². The van der Waals surface area contributed by atoms with Gasteiger partial charge in [-0.05, 0) is 30.0 Å². The normalized spacial score (nSPS) is 10.8. The molecule has 0 amide bonds. The second-order valence-electron chi connectivity index (χ2n) is 3.39. The maximum absolute atomic E-state index is 9.06. The van der Waals surface area contributed by atoms with E-state index in [1.54, 1.807) is 0 Å². The highest BCUT2D eigenvalue weighted by Crippen LogP contribution is 2.21. The summed E-state index contributed by atoms with van der Waals surface area (Å²) < 4.78 is 0. The number of aliphatic hydroxyl groups excluding tert-OH is 1. The van der Waals surface area contributed by atoms with Gasteiger partial charge < -0.3 is 5.11 Å². The average molecular weight is 177 g/mol. The number of aliphatic hydroxyl groups is 1. The second-order valence-corrected chi connectivity index (χ2v) is 3.39. The van der Waals surface area contributed by atoms with Crippen LogP contribution in [0.25, 0.3) is 0 Å². The molecular weight excluding hydrogens is 160 g/mol. The van der Waals surface area contributed by atoms with E-state index in [1.165, 1.54) is 16.7 Å². The Labute approximate surface area is 80.4 Å². The maximum atomic E-state index is 9.06. The first kappa shape index (κ1) is 10.3. The number of rotatable bonds is 3. The molecule has 1 nitrogen and oxygen atoms in total. The smallest absolute Gasteiger partial charge is 0.0534 e. The Hall–Kier alpha value is -0.820. The van der Waals surface area contributed by atoms with Crippen LogP contribution in [-0.4, -0.2) is 11.7 Å². The zero-order chi connectivity index (χ0) is 9.84. The summed E-state index contributed by atoms with van der Waals surface area (Å²) in [4.78, 5) is 0. The number of aryl methyl sites for hydroxylation is 1. The summed E-state index contributed by atoms with van der Waals surface area (Å²) in [5.74, 6) is 1.06. The van der Waals surface area contributed by atoms with Gasteiger partial charge in [-0.3, -0.25) is 0 Å². The lowest BCUT2D eigenvalue weighted by Crippen LogP contribution is -2.05. The molecule has 0 atom stereocenters. The van der Waals surface area contributed by atoms with Crippen LogP contribution in [0.3, 0.4) is 0 Å². The average Bonchev–Trinajstić information content (AvgIpc) is 2.16. The summed E-state index contributed by atoms with van der Waals surface area (Å²) >= 11 is 0. The molecule has 13 heavy (non-hydrogen) atoms. The van der Waals surface area contributed by atoms with E-state index in [9.17, 15) is 0 Å². The second kappa shape index (κ2) is 4.43. The largest absolute Gasteiger partial charge is 0.395 e. The van der Waals surface area contributed by atoms with Crippen molar-refractivity contribution >= 4 is 0 Å². The van der Waals surface area contributed by atoms with Crippen LogP contribution < -0.4 is 0 Å². The molecule has 0 aliphatic rings. The molecule has 71 valence electrons. The minimum Gasteiger partial charge on any atom is -0.395 e. The van der Waals surface area contributed by atoms with Crippen molar-refractivity contribution in [3.8, 4) is 0 Å². The highest BCUT2D eigenvalue weighted by Gasteiger charge is 2.10. The summed E-state index contributed by atoms with van der Waals surface area (Å²) in [5.41, 5.74) is 3.88. The van der Waals surface area contributed by atoms with Crippen molar-refractivity contribution in [2.75, 3.05) is 6.61 Å². The highest BCUT2D eigenvalue weighted by molar-refractivity contribution is 5.42. The zero-order valence-electron chi connectivity index (χ0n) is 8.59. The standard InChI is InChI=1S/C12H17O/c1-4-11-9(2)6-5-7-12(11)10(3)8-13/h5-7,13H,4,8H2,1-3H3. The van der Waals surface area contributed by atoms with Gasteiger partial charge in [0.05, 0.1) is 6.61 Å². The molecule has 1 aromatic carbocycles. The lowest BCUT2D eigenvalue weighted by molar-refractivity contribution is 0.314. The highest BCUT2D eigenvalue weighted by atomic mass is 16.3. The van der Waals surface area contributed by atoms with Gasteiger partial charge in [0, 0.05) is 5.92 Å². The Morgan fingerprint density at radius 3 is 2.62 bits per heavy atom. The van der Waals surface area contributed by atoms with Crippen molar-refractivity contribution in [1.29, 1.82) is 0 Å². The van der Waals surface area contributed by atoms with Gasteiger partial charge in [0.25, 0.3) is 0 Å². The van der Waals surface area contributed by atoms with Gasteiger partial charge in [0.1, 0.15) is 0 Å². The van der Waals surface area contributed by atoms with Crippen LogP contribution in [-0.2, 0) is 6.42 Å². The van der Waals surface area contributed by atoms with Crippen LogP contribution in [0.5, 0.6) is 0 Å². The van der Waals surface area contributed by atoms with E-state index in [4.69, 9.17) is 5.11 Å². The van der Waals surface area contributed by atoms with Crippen molar-refractivity contribution in [3.05, 3.63) is 40.8 Å². The van der Waals surface area contributed by atoms with Gasteiger partial charge in [0.15, 0.2) is 0 Å². The Kier molecular flexibility index (Phi) is 3.49. The minimum atomic E-state index is 0.149. The summed E-state index contributed by atoms with van der Waals surface area (Å²) in [6, 6.07) is 6.24. The molecule has 0 saturated carbocycles. The van der Waals surface area contributed by atoms with Crippen LogP contribution in [0.2, 0.25) is 0 Å². The van der Waals surface area contributed by atoms with E-state index >= 15 is 0 Å². The van der Waals surface area contributed by atoms with E-state index in [0.717, 1.165) is 12.3 Å². The summed E-state index contributed by atoms with van der Waals surface area (Å²) in [7, 11) is 0. The van der Waals surface area contributed by atoms with Crippen molar-refractivity contribution in [2.45, 2.75) is 27.2 Å². The summed E-state index contributed by atoms with van der Waals surface area (Å²) in [5, 5.41) is 9.06. The molecule has 1 rings (SSSR count). The van der Waals surface area contributed by atoms with Gasteiger partial charge in [-0.15, -0.1) is 0 Å². The van der Waals surface area contributed by atoms with E-state index < -0.39 is 0 Å². The molecule has 0 aliphatic heterocycles. The monoisotopic (exact) mass is 177 g/mol. The fourth-order valence-corrected chi connectivity index (χ4v) is 1.66. The number of hydrogen-bond acceptors (Lipinski definition) is 1. The van der Waals surface area contributed by atoms with Crippen molar-refractivity contribution in [3.63, 3.8) is 0 Å². The first-order chi connectivity index (χ1) is 6.20. The first-order valence-electron chi connectivity index (χ1n) is 4.72. The fourth-order valence-electron chi connectivity index (χ4n) is 1.66. The molecule has 0 bridgehead atoms. The molecule has 0 unspecified atom stereocenters. The van der Waals surface area contributed by atoms with Crippen LogP contribution in [0.15, 0.2) is 18.2 Å². The Bertz CT molecular complexity index is 278. The third-order valence-electron chi connectivity index (χ3n) is 2.46. The van der Waals surface area contributed by atoms with Gasteiger partial charge in [-0.2, -0.15) is 0 Å². The van der Waals surface area contributed by atoms with Crippen molar-refractivity contribution in [2.24, 2.45) is 0 Å². The molecule has 0 saturated heterocycles. The predicted molar refractivity (Wildman–Crippen MR) is 55.7 cm³/mol. The lowest BCUT2D eigenvalue weighted by Gasteiger charge is -2.14. The zero-order valence-corrected chi connectivity index (χ0v) is 8.59. The van der Waals surface area contributed by atoms with Crippen LogP contribution in [0.1, 0.15) is 30.5 Å². The Morgan fingerprint density at radius 1 is 1.38 bits per heavy atom. The molecular formula is C12H17O. The van der Waals surface area contributed by atoms with E-state index in [-0.39, 0.29) is 6.61 Å². The van der Waals surface area contributed by atoms with E-state index in [0.29, 0.717) is 0 Å². The Balaban J connectivity index is 3.12. The molecule has 0 spiro atoms. The molecule has 1 radical (unpaired) electrons. The summed E-state index contributed by atoms with van der Waals surface area (Å²) in [6.07, 6.45) is 1.03. The predicted octanol–water partition coefficient (Wildman–Crippen LogP) is 2.49. The van der Waals surface area contributed by atoms with Gasteiger partial charge in [-0.1, -0.05) is 32.0 Å². The van der Waals surface area contributed by atoms with Crippen molar-refractivity contribution in [1.82, 2.24) is 0 Å². The molecule has 1 heteroatoms. The SMILES string of the molecule is CCc1c(C)cccc1[C](C)CO. The molecule has 0 heterocycles. The topological polar surface area (TPSA) is 20.2 Å². The maximum Gasteiger partial charge on any atom is 0.0534 e. The molecule has 0 aliphatic carbocycles. The van der Waals surface area contributed by atoms with Gasteiger partial charge in [-0.25, -0.2) is 0 Å². The number of hydrogen-bond donors (Lipinski definition) is 1. The van der Waals surface area contributed by atoms with Gasteiger partial charge in [0.2, 0.25) is 0 Å². The van der Waals surface area contributed by atoms with Crippen LogP contribution in [0.4, 0.5) is 0 Å². The minimum absolute atomic E-state index is 0.149. The molecule has 1 N–H and O–H groups in total. The van der Waals surface area contributed by atoms with Crippen LogP contribution >= 0.6 is 0 Å². The van der Waals surface area contributed by atoms with E-state index in [1.807, 2.05) is 13.0 Å². The first-order valence-corrected chi connectivity index (χ1v) is 4.72. The van der Waals surface area contributed by atoms with Gasteiger partial charge >= 0.3 is 0 Å². The summed E-state index contributed by atoms with van der Waals surface area (Å²) in [6.45, 7) is 6.40. The molecule has 0 aromatic heterocycles. The van der Waals surface area contributed by atoms with E-state index in [2.05, 4.69) is 26.0 Å². The number of benzene rings is 1. The molecule has 0 fully saturated rings.